The highest BCUT2D eigenvalue weighted by Gasteiger charge is 2.21. The van der Waals surface area contributed by atoms with Crippen molar-refractivity contribution in [1.29, 1.82) is 0 Å². The number of carbonyl (C=O) groups is 1. The minimum atomic E-state index is -1.12. The van der Waals surface area contributed by atoms with Crippen molar-refractivity contribution < 1.29 is 18.7 Å². The van der Waals surface area contributed by atoms with Gasteiger partial charge in [0, 0.05) is 23.1 Å². The first-order chi connectivity index (χ1) is 10.1. The SMILES string of the molecule is Cc1c(C(=O)O)oc2c(CN3CCCCC3)cc(F)cc12. The van der Waals surface area contributed by atoms with Gasteiger partial charge in [-0.15, -0.1) is 0 Å². The van der Waals surface area contributed by atoms with Gasteiger partial charge in [-0.3, -0.25) is 4.90 Å². The molecule has 1 aromatic heterocycles. The molecule has 1 N–H and O–H groups in total. The Morgan fingerprint density at radius 3 is 2.71 bits per heavy atom. The van der Waals surface area contributed by atoms with Gasteiger partial charge < -0.3 is 9.52 Å². The Kier molecular flexibility index (Phi) is 3.68. The van der Waals surface area contributed by atoms with Crippen LogP contribution in [0.25, 0.3) is 11.0 Å². The van der Waals surface area contributed by atoms with Crippen LogP contribution in [0.3, 0.4) is 0 Å². The molecule has 0 aliphatic carbocycles. The maximum absolute atomic E-state index is 13.8. The number of rotatable bonds is 3. The third-order valence-electron chi connectivity index (χ3n) is 4.12. The summed E-state index contributed by atoms with van der Waals surface area (Å²) in [5, 5.41) is 9.71. The maximum Gasteiger partial charge on any atom is 0.372 e. The van der Waals surface area contributed by atoms with Crippen LogP contribution in [0.2, 0.25) is 0 Å². The highest BCUT2D eigenvalue weighted by molar-refractivity contribution is 5.95. The molecule has 0 unspecified atom stereocenters. The molecule has 4 nitrogen and oxygen atoms in total. The summed E-state index contributed by atoms with van der Waals surface area (Å²) < 4.78 is 19.3. The molecule has 0 saturated carbocycles. The Balaban J connectivity index is 2.04. The number of halogens is 1. The topological polar surface area (TPSA) is 53.7 Å². The van der Waals surface area contributed by atoms with E-state index in [9.17, 15) is 9.18 Å². The maximum atomic E-state index is 13.8. The number of piperidine rings is 1. The average Bonchev–Trinajstić information content (AvgIpc) is 2.78. The van der Waals surface area contributed by atoms with Crippen LogP contribution in [0.1, 0.15) is 40.9 Å². The fourth-order valence-corrected chi connectivity index (χ4v) is 3.03. The van der Waals surface area contributed by atoms with Gasteiger partial charge in [0.05, 0.1) is 0 Å². The van der Waals surface area contributed by atoms with Crippen LogP contribution >= 0.6 is 0 Å². The second-order valence-electron chi connectivity index (χ2n) is 5.64. The van der Waals surface area contributed by atoms with E-state index in [0.717, 1.165) is 31.5 Å². The van der Waals surface area contributed by atoms with Crippen LogP contribution in [-0.4, -0.2) is 29.1 Å². The summed E-state index contributed by atoms with van der Waals surface area (Å²) >= 11 is 0. The molecule has 1 aromatic carbocycles. The molecule has 0 amide bonds. The molecule has 1 aliphatic rings. The molecule has 1 fully saturated rings. The van der Waals surface area contributed by atoms with E-state index in [1.165, 1.54) is 18.6 Å². The molecule has 112 valence electrons. The summed E-state index contributed by atoms with van der Waals surface area (Å²) in [6.07, 6.45) is 3.53. The largest absolute Gasteiger partial charge is 0.475 e. The van der Waals surface area contributed by atoms with Gasteiger partial charge in [-0.25, -0.2) is 9.18 Å². The van der Waals surface area contributed by atoms with Crippen molar-refractivity contribution in [2.75, 3.05) is 13.1 Å². The molecular formula is C16H18FNO3. The van der Waals surface area contributed by atoms with Crippen LogP contribution in [-0.2, 0) is 6.54 Å². The van der Waals surface area contributed by atoms with Gasteiger partial charge in [0.2, 0.25) is 5.76 Å². The number of fused-ring (bicyclic) bond motifs is 1. The Labute approximate surface area is 122 Å². The molecule has 2 heterocycles. The lowest BCUT2D eigenvalue weighted by Crippen LogP contribution is -2.29. The summed E-state index contributed by atoms with van der Waals surface area (Å²) in [5.74, 6) is -1.57. The zero-order valence-electron chi connectivity index (χ0n) is 12.0. The summed E-state index contributed by atoms with van der Waals surface area (Å²) in [5.41, 5.74) is 1.70. The first kappa shape index (κ1) is 14.1. The van der Waals surface area contributed by atoms with Crippen LogP contribution < -0.4 is 0 Å². The normalized spacial score (nSPS) is 16.5. The van der Waals surface area contributed by atoms with Gasteiger partial charge in [0.1, 0.15) is 11.4 Å². The summed E-state index contributed by atoms with van der Waals surface area (Å²) in [7, 11) is 0. The summed E-state index contributed by atoms with van der Waals surface area (Å²) in [6.45, 7) is 4.23. The third kappa shape index (κ3) is 2.65. The van der Waals surface area contributed by atoms with Crippen LogP contribution in [0.4, 0.5) is 4.39 Å². The fourth-order valence-electron chi connectivity index (χ4n) is 3.03. The number of benzene rings is 1. The monoisotopic (exact) mass is 291 g/mol. The number of hydrogen-bond acceptors (Lipinski definition) is 3. The molecule has 21 heavy (non-hydrogen) atoms. The van der Waals surface area contributed by atoms with Crippen molar-refractivity contribution in [1.82, 2.24) is 4.90 Å². The van der Waals surface area contributed by atoms with E-state index in [-0.39, 0.29) is 11.6 Å². The lowest BCUT2D eigenvalue weighted by molar-refractivity contribution is 0.0664. The van der Waals surface area contributed by atoms with Gasteiger partial charge in [-0.2, -0.15) is 0 Å². The van der Waals surface area contributed by atoms with Crippen molar-refractivity contribution in [3.8, 4) is 0 Å². The molecule has 0 radical (unpaired) electrons. The molecule has 3 rings (SSSR count). The number of carboxylic acid groups (broad SMARTS) is 1. The Morgan fingerprint density at radius 1 is 1.33 bits per heavy atom. The molecular weight excluding hydrogens is 273 g/mol. The average molecular weight is 291 g/mol. The lowest BCUT2D eigenvalue weighted by Gasteiger charge is -2.26. The standard InChI is InChI=1S/C16H18FNO3/c1-10-13-8-12(17)7-11(9-18-5-3-2-4-6-18)15(13)21-14(10)16(19)20/h7-8H,2-6,9H2,1H3,(H,19,20). The Bertz CT molecular complexity index is 686. The van der Waals surface area contributed by atoms with E-state index >= 15 is 0 Å². The molecule has 0 spiro atoms. The van der Waals surface area contributed by atoms with E-state index in [2.05, 4.69) is 4.90 Å². The van der Waals surface area contributed by atoms with Gasteiger partial charge in [0.25, 0.3) is 0 Å². The van der Waals surface area contributed by atoms with E-state index in [1.807, 2.05) is 0 Å². The van der Waals surface area contributed by atoms with Gasteiger partial charge in [-0.05, 0) is 45.0 Å². The molecule has 1 aliphatic heterocycles. The second kappa shape index (κ2) is 5.48. The molecule has 2 aromatic rings. The zero-order chi connectivity index (χ0) is 15.0. The molecule has 0 atom stereocenters. The molecule has 0 bridgehead atoms. The summed E-state index contributed by atoms with van der Waals surface area (Å²) in [4.78, 5) is 13.4. The van der Waals surface area contributed by atoms with E-state index in [0.29, 0.717) is 23.1 Å². The van der Waals surface area contributed by atoms with Crippen molar-refractivity contribution in [2.45, 2.75) is 32.7 Å². The summed E-state index contributed by atoms with van der Waals surface area (Å²) in [6, 6.07) is 2.80. The quantitative estimate of drug-likeness (QED) is 0.939. The minimum Gasteiger partial charge on any atom is -0.475 e. The predicted octanol–water partition coefficient (Wildman–Crippen LogP) is 3.56. The van der Waals surface area contributed by atoms with Crippen molar-refractivity contribution in [3.63, 3.8) is 0 Å². The third-order valence-corrected chi connectivity index (χ3v) is 4.12. The number of likely N-dealkylation sites (tertiary alicyclic amines) is 1. The van der Waals surface area contributed by atoms with Crippen LogP contribution in [0.15, 0.2) is 16.5 Å². The smallest absolute Gasteiger partial charge is 0.372 e. The lowest BCUT2D eigenvalue weighted by atomic mass is 10.1. The van der Waals surface area contributed by atoms with E-state index in [1.54, 1.807) is 6.92 Å². The molecule has 5 heteroatoms. The first-order valence-corrected chi connectivity index (χ1v) is 7.23. The highest BCUT2D eigenvalue weighted by Crippen LogP contribution is 2.30. The Hall–Kier alpha value is -1.88. The number of aryl methyl sites for hydroxylation is 1. The number of carboxylic acids is 1. The van der Waals surface area contributed by atoms with Crippen molar-refractivity contribution in [3.05, 3.63) is 34.8 Å². The zero-order valence-corrected chi connectivity index (χ0v) is 12.0. The van der Waals surface area contributed by atoms with E-state index < -0.39 is 5.97 Å². The van der Waals surface area contributed by atoms with Gasteiger partial charge >= 0.3 is 5.97 Å². The fraction of sp³-hybridized carbons (Fsp3) is 0.438. The van der Waals surface area contributed by atoms with Crippen molar-refractivity contribution >= 4 is 16.9 Å². The van der Waals surface area contributed by atoms with Crippen LogP contribution in [0.5, 0.6) is 0 Å². The number of aromatic carboxylic acids is 1. The molecule has 1 saturated heterocycles. The van der Waals surface area contributed by atoms with Gasteiger partial charge in [-0.1, -0.05) is 6.42 Å². The van der Waals surface area contributed by atoms with E-state index in [4.69, 9.17) is 9.52 Å². The number of nitrogens with zero attached hydrogens (tertiary/aromatic N) is 1. The highest BCUT2D eigenvalue weighted by atomic mass is 19.1. The predicted molar refractivity (Wildman–Crippen MR) is 77.0 cm³/mol. The first-order valence-electron chi connectivity index (χ1n) is 7.23. The second-order valence-corrected chi connectivity index (χ2v) is 5.64. The van der Waals surface area contributed by atoms with Gasteiger partial charge in [0.15, 0.2) is 0 Å². The number of hydrogen-bond donors (Lipinski definition) is 1. The number of furan rings is 1. The minimum absolute atomic E-state index is 0.101. The van der Waals surface area contributed by atoms with Crippen LogP contribution in [0, 0.1) is 12.7 Å². The van der Waals surface area contributed by atoms with Crippen molar-refractivity contribution in [2.24, 2.45) is 0 Å². The Morgan fingerprint density at radius 2 is 2.05 bits per heavy atom.